The monoisotopic (exact) mass is 243 g/mol. The fourth-order valence-corrected chi connectivity index (χ4v) is 2.07. The van der Waals surface area contributed by atoms with Crippen LogP contribution in [0.3, 0.4) is 0 Å². The number of hydrogen-bond donors (Lipinski definition) is 1. The average molecular weight is 243 g/mol. The molecule has 0 bridgehead atoms. The van der Waals surface area contributed by atoms with Crippen LogP contribution in [-0.4, -0.2) is 21.9 Å². The summed E-state index contributed by atoms with van der Waals surface area (Å²) in [6.07, 6.45) is 0.846. The van der Waals surface area contributed by atoms with E-state index in [-0.39, 0.29) is 5.54 Å². The molecule has 0 saturated heterocycles. The number of H-pyrrole nitrogens is 1. The summed E-state index contributed by atoms with van der Waals surface area (Å²) in [6.45, 7) is 10.4. The van der Waals surface area contributed by atoms with Gasteiger partial charge in [0.15, 0.2) is 10.6 Å². The first-order valence-corrected chi connectivity index (χ1v) is 5.90. The van der Waals surface area contributed by atoms with Gasteiger partial charge < -0.3 is 4.74 Å². The standard InChI is InChI=1S/C11H21N3OS/c1-7-11(5,15-6)8-12-13-9(16)14(8)10(2,3)4/h7H2,1-6H3,(H,13,16). The highest BCUT2D eigenvalue weighted by atomic mass is 32.1. The third kappa shape index (κ3) is 2.20. The largest absolute Gasteiger partial charge is 0.371 e. The number of hydrogen-bond acceptors (Lipinski definition) is 3. The molecule has 1 heterocycles. The molecule has 0 aromatic carbocycles. The Labute approximate surface area is 102 Å². The number of rotatable bonds is 3. The van der Waals surface area contributed by atoms with Crippen molar-refractivity contribution in [1.82, 2.24) is 14.8 Å². The second-order valence-electron chi connectivity index (χ2n) is 5.15. The number of nitrogens with zero attached hydrogens (tertiary/aromatic N) is 2. The highest BCUT2D eigenvalue weighted by Gasteiger charge is 2.33. The summed E-state index contributed by atoms with van der Waals surface area (Å²) in [5.41, 5.74) is -0.505. The summed E-state index contributed by atoms with van der Waals surface area (Å²) in [7, 11) is 1.70. The lowest BCUT2D eigenvalue weighted by Crippen LogP contribution is -2.34. The van der Waals surface area contributed by atoms with Crippen LogP contribution in [0.5, 0.6) is 0 Å². The molecular formula is C11H21N3OS. The molecule has 0 radical (unpaired) electrons. The Balaban J connectivity index is 3.42. The number of aromatic nitrogens is 3. The summed E-state index contributed by atoms with van der Waals surface area (Å²) in [5.74, 6) is 0.856. The second kappa shape index (κ2) is 4.30. The van der Waals surface area contributed by atoms with Crippen molar-refractivity contribution in [2.75, 3.05) is 7.11 Å². The summed E-state index contributed by atoms with van der Waals surface area (Å²) in [5, 5.41) is 7.17. The summed E-state index contributed by atoms with van der Waals surface area (Å²) in [4.78, 5) is 0. The first kappa shape index (κ1) is 13.4. The van der Waals surface area contributed by atoms with Crippen molar-refractivity contribution >= 4 is 12.2 Å². The molecule has 0 fully saturated rings. The molecule has 1 aromatic heterocycles. The van der Waals surface area contributed by atoms with Gasteiger partial charge >= 0.3 is 0 Å². The number of ether oxygens (including phenoxy) is 1. The molecule has 0 spiro atoms. The predicted molar refractivity (Wildman–Crippen MR) is 67.1 cm³/mol. The van der Waals surface area contributed by atoms with E-state index < -0.39 is 5.60 Å². The van der Waals surface area contributed by atoms with Crippen molar-refractivity contribution in [1.29, 1.82) is 0 Å². The van der Waals surface area contributed by atoms with Gasteiger partial charge in [-0.1, -0.05) is 6.92 Å². The number of aromatic amines is 1. The van der Waals surface area contributed by atoms with Crippen molar-refractivity contribution in [2.45, 2.75) is 52.2 Å². The van der Waals surface area contributed by atoms with E-state index in [0.29, 0.717) is 4.77 Å². The van der Waals surface area contributed by atoms with E-state index in [1.54, 1.807) is 7.11 Å². The van der Waals surface area contributed by atoms with Gasteiger partial charge in [-0.15, -0.1) is 0 Å². The van der Waals surface area contributed by atoms with E-state index in [4.69, 9.17) is 17.0 Å². The van der Waals surface area contributed by atoms with Gasteiger partial charge in [0.1, 0.15) is 5.60 Å². The normalized spacial score (nSPS) is 16.1. The van der Waals surface area contributed by atoms with Gasteiger partial charge in [0.2, 0.25) is 0 Å². The zero-order valence-electron chi connectivity index (χ0n) is 10.9. The van der Waals surface area contributed by atoms with E-state index in [1.165, 1.54) is 0 Å². The topological polar surface area (TPSA) is 42.8 Å². The molecule has 1 aromatic rings. The van der Waals surface area contributed by atoms with Crippen LogP contribution in [0.25, 0.3) is 0 Å². The van der Waals surface area contributed by atoms with Crippen LogP contribution in [0.4, 0.5) is 0 Å². The zero-order valence-corrected chi connectivity index (χ0v) is 11.7. The maximum absolute atomic E-state index is 5.57. The molecule has 0 amide bonds. The quantitative estimate of drug-likeness (QED) is 0.830. The third-order valence-corrected chi connectivity index (χ3v) is 3.22. The summed E-state index contributed by atoms with van der Waals surface area (Å²) in [6, 6.07) is 0. The number of nitrogens with one attached hydrogen (secondary N) is 1. The van der Waals surface area contributed by atoms with Gasteiger partial charge in [0.25, 0.3) is 0 Å². The minimum Gasteiger partial charge on any atom is -0.371 e. The van der Waals surface area contributed by atoms with Crippen LogP contribution in [0, 0.1) is 4.77 Å². The Bertz CT molecular complexity index is 410. The Hall–Kier alpha value is -0.680. The first-order chi connectivity index (χ1) is 7.26. The predicted octanol–water partition coefficient (Wildman–Crippen LogP) is 2.97. The van der Waals surface area contributed by atoms with E-state index >= 15 is 0 Å². The third-order valence-electron chi connectivity index (χ3n) is 2.94. The van der Waals surface area contributed by atoms with E-state index in [1.807, 2.05) is 11.5 Å². The highest BCUT2D eigenvalue weighted by Crippen LogP contribution is 2.30. The molecule has 1 N–H and O–H groups in total. The van der Waals surface area contributed by atoms with Crippen LogP contribution in [-0.2, 0) is 15.9 Å². The molecule has 0 aliphatic heterocycles. The SMILES string of the molecule is CCC(C)(OC)c1n[nH]c(=S)n1C(C)(C)C. The minimum absolute atomic E-state index is 0.103. The van der Waals surface area contributed by atoms with Crippen molar-refractivity contribution in [3.8, 4) is 0 Å². The molecule has 1 rings (SSSR count). The van der Waals surface area contributed by atoms with E-state index in [9.17, 15) is 0 Å². The second-order valence-corrected chi connectivity index (χ2v) is 5.53. The van der Waals surface area contributed by atoms with Crippen LogP contribution in [0.2, 0.25) is 0 Å². The summed E-state index contributed by atoms with van der Waals surface area (Å²) >= 11 is 5.27. The lowest BCUT2D eigenvalue weighted by molar-refractivity contribution is -0.0148. The summed E-state index contributed by atoms with van der Waals surface area (Å²) < 4.78 is 8.23. The van der Waals surface area contributed by atoms with Gasteiger partial charge in [0, 0.05) is 12.6 Å². The lowest BCUT2D eigenvalue weighted by Gasteiger charge is -2.31. The number of methoxy groups -OCH3 is 1. The Kier molecular flexibility index (Phi) is 3.59. The maximum Gasteiger partial charge on any atom is 0.195 e. The zero-order chi connectivity index (χ0) is 12.6. The van der Waals surface area contributed by atoms with Crippen LogP contribution >= 0.6 is 12.2 Å². The Morgan fingerprint density at radius 1 is 1.38 bits per heavy atom. The average Bonchev–Trinajstić information content (AvgIpc) is 2.59. The van der Waals surface area contributed by atoms with Gasteiger partial charge in [-0.25, -0.2) is 0 Å². The lowest BCUT2D eigenvalue weighted by atomic mass is 10.00. The molecule has 0 aliphatic carbocycles. The molecular weight excluding hydrogens is 222 g/mol. The molecule has 1 atom stereocenters. The highest BCUT2D eigenvalue weighted by molar-refractivity contribution is 7.71. The molecule has 92 valence electrons. The maximum atomic E-state index is 5.57. The van der Waals surface area contributed by atoms with Gasteiger partial charge in [-0.3, -0.25) is 9.67 Å². The van der Waals surface area contributed by atoms with Crippen LogP contribution in [0.15, 0.2) is 0 Å². The molecule has 1 unspecified atom stereocenters. The fraction of sp³-hybridized carbons (Fsp3) is 0.818. The van der Waals surface area contributed by atoms with Crippen molar-refractivity contribution in [3.05, 3.63) is 10.6 Å². The fourth-order valence-electron chi connectivity index (χ4n) is 1.67. The van der Waals surface area contributed by atoms with Gasteiger partial charge in [0.05, 0.1) is 0 Å². The molecule has 0 aliphatic rings. The molecule has 5 heteroatoms. The Morgan fingerprint density at radius 2 is 1.94 bits per heavy atom. The Morgan fingerprint density at radius 3 is 2.31 bits per heavy atom. The van der Waals surface area contributed by atoms with E-state index in [2.05, 4.69) is 37.9 Å². The van der Waals surface area contributed by atoms with E-state index in [0.717, 1.165) is 12.2 Å². The first-order valence-electron chi connectivity index (χ1n) is 5.50. The van der Waals surface area contributed by atoms with Gasteiger partial charge in [-0.05, 0) is 46.3 Å². The van der Waals surface area contributed by atoms with Gasteiger partial charge in [-0.2, -0.15) is 5.10 Å². The minimum atomic E-state index is -0.402. The van der Waals surface area contributed by atoms with Crippen molar-refractivity contribution in [2.24, 2.45) is 0 Å². The van der Waals surface area contributed by atoms with Crippen molar-refractivity contribution < 1.29 is 4.74 Å². The molecule has 4 nitrogen and oxygen atoms in total. The van der Waals surface area contributed by atoms with Crippen molar-refractivity contribution in [3.63, 3.8) is 0 Å². The molecule has 0 saturated carbocycles. The van der Waals surface area contributed by atoms with Crippen LogP contribution < -0.4 is 0 Å². The smallest absolute Gasteiger partial charge is 0.195 e. The van der Waals surface area contributed by atoms with Crippen LogP contribution in [0.1, 0.15) is 46.9 Å². The molecule has 16 heavy (non-hydrogen) atoms.